The highest BCUT2D eigenvalue weighted by molar-refractivity contribution is 6.33. The molecule has 2 fully saturated rings. The number of fused-ring (bicyclic) bond motifs is 2. The largest absolute Gasteiger partial charge is 0.489 e. The van der Waals surface area contributed by atoms with Crippen molar-refractivity contribution in [1.82, 2.24) is 14.9 Å². The van der Waals surface area contributed by atoms with Crippen LogP contribution in [0.5, 0.6) is 11.6 Å². The van der Waals surface area contributed by atoms with Crippen molar-refractivity contribution < 1.29 is 19.0 Å². The first-order valence-corrected chi connectivity index (χ1v) is 11.1. The molecule has 1 amide bonds. The van der Waals surface area contributed by atoms with Crippen molar-refractivity contribution >= 4 is 29.2 Å². The van der Waals surface area contributed by atoms with E-state index in [9.17, 15) is 4.79 Å². The van der Waals surface area contributed by atoms with Gasteiger partial charge >= 0.3 is 6.09 Å². The number of benzene rings is 1. The molecular weight excluding hydrogens is 446 g/mol. The Hall–Kier alpha value is -3.25. The monoisotopic (exact) mass is 471 g/mol. The normalized spacial score (nSPS) is 21.5. The van der Waals surface area contributed by atoms with E-state index in [4.69, 9.17) is 31.1 Å². The second kappa shape index (κ2) is 8.94. The number of carbonyl (C=O) groups is 1. The van der Waals surface area contributed by atoms with Crippen LogP contribution in [0.1, 0.15) is 45.6 Å². The van der Waals surface area contributed by atoms with Crippen LogP contribution in [0.2, 0.25) is 5.02 Å². The lowest BCUT2D eigenvalue weighted by Gasteiger charge is -2.28. The maximum Gasteiger partial charge on any atom is 0.410 e. The zero-order valence-electron chi connectivity index (χ0n) is 19.0. The van der Waals surface area contributed by atoms with Gasteiger partial charge in [-0.25, -0.2) is 9.78 Å². The summed E-state index contributed by atoms with van der Waals surface area (Å²) < 4.78 is 17.4. The SMILES string of the molecule is COc1c(Nc2ccc(C#N)cc2Cl)ncnc1O[C@H]1CC2CCC1N2C(=O)OC(C)(C)C. The fourth-order valence-corrected chi connectivity index (χ4v) is 4.56. The molecule has 2 aliphatic rings. The number of halogens is 1. The molecule has 174 valence electrons. The van der Waals surface area contributed by atoms with Crippen molar-refractivity contribution in [1.29, 1.82) is 5.26 Å². The number of anilines is 2. The molecule has 3 atom stereocenters. The number of aromatic nitrogens is 2. The van der Waals surface area contributed by atoms with E-state index >= 15 is 0 Å². The number of methoxy groups -OCH3 is 1. The minimum absolute atomic E-state index is 0.0812. The molecule has 1 aromatic carbocycles. The molecular formula is C23H26ClN5O4. The molecule has 0 aliphatic carbocycles. The van der Waals surface area contributed by atoms with Crippen molar-refractivity contribution in [3.05, 3.63) is 35.1 Å². The molecule has 2 aliphatic heterocycles. The molecule has 10 heteroatoms. The van der Waals surface area contributed by atoms with E-state index in [1.807, 2.05) is 26.8 Å². The van der Waals surface area contributed by atoms with E-state index in [1.165, 1.54) is 13.4 Å². The van der Waals surface area contributed by atoms with E-state index in [0.29, 0.717) is 34.3 Å². The van der Waals surface area contributed by atoms with Gasteiger partial charge in [0.15, 0.2) is 5.82 Å². The highest BCUT2D eigenvalue weighted by Gasteiger charge is 2.51. The van der Waals surface area contributed by atoms with Crippen molar-refractivity contribution in [3.63, 3.8) is 0 Å². The molecule has 0 saturated carbocycles. The van der Waals surface area contributed by atoms with Gasteiger partial charge in [0, 0.05) is 12.5 Å². The zero-order chi connectivity index (χ0) is 23.8. The van der Waals surface area contributed by atoms with Gasteiger partial charge in [0.1, 0.15) is 18.0 Å². The number of nitrogens with zero attached hydrogens (tertiary/aromatic N) is 4. The summed E-state index contributed by atoms with van der Waals surface area (Å²) in [5, 5.41) is 12.5. The van der Waals surface area contributed by atoms with E-state index < -0.39 is 5.60 Å². The van der Waals surface area contributed by atoms with Crippen LogP contribution in [-0.2, 0) is 4.74 Å². The van der Waals surface area contributed by atoms with E-state index in [2.05, 4.69) is 15.3 Å². The lowest BCUT2D eigenvalue weighted by atomic mass is 9.98. The molecule has 0 spiro atoms. The molecule has 2 bridgehead atoms. The van der Waals surface area contributed by atoms with Crippen molar-refractivity contribution in [2.75, 3.05) is 12.4 Å². The summed E-state index contributed by atoms with van der Waals surface area (Å²) in [5.74, 6) is 0.979. The van der Waals surface area contributed by atoms with Gasteiger partial charge in [-0.3, -0.25) is 4.90 Å². The number of nitrogens with one attached hydrogen (secondary N) is 1. The predicted octanol–water partition coefficient (Wildman–Crippen LogP) is 4.67. The lowest BCUT2D eigenvalue weighted by Crippen LogP contribution is -2.42. The maximum absolute atomic E-state index is 12.7. The molecule has 0 radical (unpaired) electrons. The first kappa shape index (κ1) is 22.9. The summed E-state index contributed by atoms with van der Waals surface area (Å²) in [4.78, 5) is 23.1. The van der Waals surface area contributed by atoms with Gasteiger partial charge in [-0.1, -0.05) is 11.6 Å². The van der Waals surface area contributed by atoms with E-state index in [-0.39, 0.29) is 30.2 Å². The Balaban J connectivity index is 1.53. The molecule has 9 nitrogen and oxygen atoms in total. The Bertz CT molecular complexity index is 1100. The summed E-state index contributed by atoms with van der Waals surface area (Å²) in [5.41, 5.74) is 0.461. The van der Waals surface area contributed by atoms with Crippen molar-refractivity contribution in [2.24, 2.45) is 0 Å². The number of hydrogen-bond donors (Lipinski definition) is 1. The molecule has 2 unspecified atom stereocenters. The molecule has 1 aromatic heterocycles. The topological polar surface area (TPSA) is 110 Å². The number of rotatable bonds is 5. The number of carbonyl (C=O) groups excluding carboxylic acids is 1. The predicted molar refractivity (Wildman–Crippen MR) is 122 cm³/mol. The first-order valence-electron chi connectivity index (χ1n) is 10.7. The average molecular weight is 472 g/mol. The Kier molecular flexibility index (Phi) is 6.21. The van der Waals surface area contributed by atoms with Crippen molar-refractivity contribution in [3.8, 4) is 17.7 Å². The Morgan fingerprint density at radius 2 is 2.09 bits per heavy atom. The fourth-order valence-electron chi connectivity index (χ4n) is 4.33. The smallest absolute Gasteiger partial charge is 0.410 e. The second-order valence-corrected chi connectivity index (χ2v) is 9.48. The van der Waals surface area contributed by atoms with Gasteiger partial charge in [-0.05, 0) is 51.8 Å². The number of nitriles is 1. The maximum atomic E-state index is 12.7. The van der Waals surface area contributed by atoms with Crippen LogP contribution >= 0.6 is 11.6 Å². The third-order valence-corrected chi connectivity index (χ3v) is 5.99. The molecule has 33 heavy (non-hydrogen) atoms. The summed E-state index contributed by atoms with van der Waals surface area (Å²) in [7, 11) is 1.50. The molecule has 1 N–H and O–H groups in total. The fraction of sp³-hybridized carbons (Fsp3) is 0.478. The molecule has 2 aromatic rings. The van der Waals surface area contributed by atoms with Crippen LogP contribution in [0, 0.1) is 11.3 Å². The van der Waals surface area contributed by atoms with Crippen LogP contribution < -0.4 is 14.8 Å². The van der Waals surface area contributed by atoms with Gasteiger partial charge in [0.2, 0.25) is 5.75 Å². The molecule has 2 saturated heterocycles. The quantitative estimate of drug-likeness (QED) is 0.669. The first-order chi connectivity index (χ1) is 15.7. The summed E-state index contributed by atoms with van der Waals surface area (Å²) >= 11 is 6.29. The zero-order valence-corrected chi connectivity index (χ0v) is 19.7. The number of amides is 1. The van der Waals surface area contributed by atoms with Crippen LogP contribution in [0.4, 0.5) is 16.3 Å². The number of ether oxygens (including phenoxy) is 3. The third-order valence-electron chi connectivity index (χ3n) is 5.67. The standard InChI is InChI=1S/C23H26ClN5O4/c1-23(2,3)33-22(30)29-14-6-8-17(29)18(10-14)32-21-19(31-4)20(26-12-27-21)28-16-7-5-13(11-25)9-15(16)24/h5,7,9,12,14,17-18H,6,8,10H2,1-4H3,(H,26,27,28)/t14?,17?,18-/m0/s1. The Morgan fingerprint density at radius 3 is 2.76 bits per heavy atom. The Labute approximate surface area is 197 Å². The van der Waals surface area contributed by atoms with E-state index in [0.717, 1.165) is 12.8 Å². The van der Waals surface area contributed by atoms with Crippen molar-refractivity contribution in [2.45, 2.75) is 63.8 Å². The highest BCUT2D eigenvalue weighted by Crippen LogP contribution is 2.42. The van der Waals surface area contributed by atoms with Gasteiger partial charge in [0.05, 0.1) is 35.5 Å². The van der Waals surface area contributed by atoms with E-state index in [1.54, 1.807) is 23.1 Å². The number of hydrogen-bond acceptors (Lipinski definition) is 8. The second-order valence-electron chi connectivity index (χ2n) is 9.07. The lowest BCUT2D eigenvalue weighted by molar-refractivity contribution is 0.0179. The van der Waals surface area contributed by atoms with Crippen LogP contribution in [0.3, 0.4) is 0 Å². The average Bonchev–Trinajstić information content (AvgIpc) is 3.32. The van der Waals surface area contributed by atoms with Crippen LogP contribution in [0.15, 0.2) is 24.5 Å². The van der Waals surface area contributed by atoms with Crippen LogP contribution in [0.25, 0.3) is 0 Å². The molecule has 4 rings (SSSR count). The molecule has 3 heterocycles. The summed E-state index contributed by atoms with van der Waals surface area (Å²) in [6.07, 6.45) is 3.29. The summed E-state index contributed by atoms with van der Waals surface area (Å²) in [6.45, 7) is 5.58. The van der Waals surface area contributed by atoms with Gasteiger partial charge in [-0.2, -0.15) is 10.2 Å². The van der Waals surface area contributed by atoms with Gasteiger partial charge in [-0.15, -0.1) is 0 Å². The summed E-state index contributed by atoms with van der Waals surface area (Å²) in [6, 6.07) is 6.95. The minimum Gasteiger partial charge on any atom is -0.489 e. The minimum atomic E-state index is -0.557. The van der Waals surface area contributed by atoms with Gasteiger partial charge in [0.25, 0.3) is 5.88 Å². The third kappa shape index (κ3) is 4.76. The highest BCUT2D eigenvalue weighted by atomic mass is 35.5. The van der Waals surface area contributed by atoms with Crippen LogP contribution in [-0.4, -0.2) is 51.9 Å². The Morgan fingerprint density at radius 1 is 1.30 bits per heavy atom. The van der Waals surface area contributed by atoms with Gasteiger partial charge < -0.3 is 19.5 Å².